The number of anilines is 1. The highest BCUT2D eigenvalue weighted by Crippen LogP contribution is 2.60. The van der Waals surface area contributed by atoms with Gasteiger partial charge in [-0.2, -0.15) is 11.8 Å². The van der Waals surface area contributed by atoms with Crippen molar-refractivity contribution >= 4 is 29.3 Å². The van der Waals surface area contributed by atoms with E-state index in [-0.39, 0.29) is 5.91 Å². The van der Waals surface area contributed by atoms with Crippen LogP contribution in [0.4, 0.5) is 5.69 Å². The molecule has 4 aliphatic rings. The Morgan fingerprint density at radius 3 is 2.21 bits per heavy atom. The second kappa shape index (κ2) is 12.8. The molecule has 3 aromatic rings. The van der Waals surface area contributed by atoms with Crippen molar-refractivity contribution in [2.45, 2.75) is 64.5 Å². The summed E-state index contributed by atoms with van der Waals surface area (Å²) < 4.78 is 0. The molecule has 0 aromatic heterocycles. The van der Waals surface area contributed by atoms with E-state index >= 15 is 0 Å². The fourth-order valence-electron chi connectivity index (χ4n) is 8.70. The lowest BCUT2D eigenvalue weighted by Crippen LogP contribution is -2.51. The largest absolute Gasteiger partial charge is 0.480 e. The average Bonchev–Trinajstić information content (AvgIpc) is 2.98. The van der Waals surface area contributed by atoms with Gasteiger partial charge in [-0.3, -0.25) is 4.79 Å². The number of carbonyl (C=O) groups excluding carboxylic acids is 1. The van der Waals surface area contributed by atoms with Crippen LogP contribution in [0.15, 0.2) is 72.8 Å². The summed E-state index contributed by atoms with van der Waals surface area (Å²) in [5.74, 6) is 2.03. The minimum Gasteiger partial charge on any atom is -0.480 e. The van der Waals surface area contributed by atoms with Gasteiger partial charge in [0, 0.05) is 24.3 Å². The normalized spacial score (nSPS) is 24.5. The first-order valence-corrected chi connectivity index (χ1v) is 17.2. The van der Waals surface area contributed by atoms with Gasteiger partial charge in [0.15, 0.2) is 0 Å². The van der Waals surface area contributed by atoms with Crippen LogP contribution in [0.1, 0.15) is 66.4 Å². The van der Waals surface area contributed by atoms with Crippen molar-refractivity contribution in [1.82, 2.24) is 5.32 Å². The van der Waals surface area contributed by atoms with Crippen molar-refractivity contribution < 1.29 is 14.7 Å². The third kappa shape index (κ3) is 6.64. The van der Waals surface area contributed by atoms with Crippen LogP contribution in [0.2, 0.25) is 0 Å². The molecule has 43 heavy (non-hydrogen) atoms. The Bertz CT molecular complexity index is 1420. The first-order chi connectivity index (χ1) is 20.8. The molecule has 0 heterocycles. The van der Waals surface area contributed by atoms with Crippen molar-refractivity contribution in [3.63, 3.8) is 0 Å². The van der Waals surface area contributed by atoms with E-state index in [1.165, 1.54) is 44.2 Å². The number of benzene rings is 3. The van der Waals surface area contributed by atoms with Gasteiger partial charge in [0.05, 0.1) is 0 Å². The molecule has 4 aliphatic carbocycles. The molecule has 0 aliphatic heterocycles. The van der Waals surface area contributed by atoms with E-state index in [2.05, 4.69) is 71.7 Å². The van der Waals surface area contributed by atoms with Crippen molar-refractivity contribution in [2.75, 3.05) is 23.5 Å². The molecular weight excluding hydrogens is 552 g/mol. The number of para-hydroxylation sites is 1. The lowest BCUT2D eigenvalue weighted by molar-refractivity contribution is -0.139. The van der Waals surface area contributed by atoms with E-state index in [0.717, 1.165) is 53.1 Å². The lowest BCUT2D eigenvalue weighted by Gasteiger charge is -2.58. The van der Waals surface area contributed by atoms with Gasteiger partial charge >= 0.3 is 5.97 Å². The predicted molar refractivity (Wildman–Crippen MR) is 177 cm³/mol. The summed E-state index contributed by atoms with van der Waals surface area (Å²) in [5, 5.41) is 12.6. The zero-order chi connectivity index (χ0) is 30.0. The van der Waals surface area contributed by atoms with Crippen LogP contribution in [0.25, 0.3) is 11.1 Å². The molecule has 0 saturated heterocycles. The maximum atomic E-state index is 13.6. The number of carboxylic acid groups (broad SMARTS) is 1. The number of nitrogens with one attached hydrogen (secondary N) is 1. The number of carbonyl (C=O) groups is 2. The number of hydrogen-bond donors (Lipinski definition) is 2. The van der Waals surface area contributed by atoms with Crippen LogP contribution in [0.3, 0.4) is 0 Å². The van der Waals surface area contributed by atoms with Crippen molar-refractivity contribution in [2.24, 2.45) is 23.2 Å². The van der Waals surface area contributed by atoms with Gasteiger partial charge in [0.1, 0.15) is 6.04 Å². The maximum absolute atomic E-state index is 13.6. The third-order valence-electron chi connectivity index (χ3n) is 10.2. The predicted octanol–water partition coefficient (Wildman–Crippen LogP) is 7.82. The Morgan fingerprint density at radius 1 is 0.930 bits per heavy atom. The Hall–Kier alpha value is -3.25. The molecule has 4 saturated carbocycles. The van der Waals surface area contributed by atoms with Gasteiger partial charge in [-0.25, -0.2) is 4.79 Å². The van der Waals surface area contributed by atoms with Gasteiger partial charge in [-0.1, -0.05) is 48.5 Å². The van der Waals surface area contributed by atoms with Gasteiger partial charge < -0.3 is 15.3 Å². The number of aliphatic carboxylic acids is 1. The second-order valence-corrected chi connectivity index (χ2v) is 14.4. The first-order valence-electron chi connectivity index (χ1n) is 15.8. The monoisotopic (exact) mass is 596 g/mol. The molecule has 1 atom stereocenters. The smallest absolute Gasteiger partial charge is 0.326 e. The highest BCUT2D eigenvalue weighted by molar-refractivity contribution is 7.98. The first kappa shape index (κ1) is 29.8. The average molecular weight is 597 g/mol. The number of hydrogen-bond acceptors (Lipinski definition) is 4. The maximum Gasteiger partial charge on any atom is 0.326 e. The number of carboxylic acids is 1. The summed E-state index contributed by atoms with van der Waals surface area (Å²) in [5.41, 5.74) is 6.24. The zero-order valence-electron chi connectivity index (χ0n) is 25.4. The fraction of sp³-hybridized carbons (Fsp3) is 0.459. The molecule has 0 unspecified atom stereocenters. The van der Waals surface area contributed by atoms with E-state index in [4.69, 9.17) is 0 Å². The van der Waals surface area contributed by atoms with Crippen molar-refractivity contribution in [3.05, 3.63) is 89.5 Å². The van der Waals surface area contributed by atoms with E-state index < -0.39 is 12.0 Å². The number of thioether (sulfide) groups is 1. The summed E-state index contributed by atoms with van der Waals surface area (Å²) in [6.45, 7) is 3.89. The molecule has 226 valence electrons. The SMILES string of the molecule is CSCC[C@H](NC(=O)c1ccc(CN(CC23CC4CC(CC(C4)C2)C3)c2ccccc2)cc1-c1ccccc1C)C(=O)O. The Morgan fingerprint density at radius 2 is 1.58 bits per heavy atom. The molecule has 1 amide bonds. The Balaban J connectivity index is 1.32. The highest BCUT2D eigenvalue weighted by Gasteiger charge is 2.51. The summed E-state index contributed by atoms with van der Waals surface area (Å²) in [6.07, 6.45) is 10.7. The number of amides is 1. The lowest BCUT2D eigenvalue weighted by atomic mass is 9.49. The molecular formula is C37H44N2O3S. The third-order valence-corrected chi connectivity index (χ3v) is 10.8. The molecule has 5 nitrogen and oxygen atoms in total. The summed E-state index contributed by atoms with van der Waals surface area (Å²) >= 11 is 1.58. The number of nitrogens with zero attached hydrogens (tertiary/aromatic N) is 1. The second-order valence-electron chi connectivity index (χ2n) is 13.4. The van der Waals surface area contributed by atoms with E-state index in [9.17, 15) is 14.7 Å². The number of aryl methyl sites for hydroxylation is 1. The van der Waals surface area contributed by atoms with Crippen LogP contribution >= 0.6 is 11.8 Å². The topological polar surface area (TPSA) is 69.6 Å². The molecule has 6 heteroatoms. The fourth-order valence-corrected chi connectivity index (χ4v) is 9.17. The van der Waals surface area contributed by atoms with Crippen LogP contribution < -0.4 is 10.2 Å². The summed E-state index contributed by atoms with van der Waals surface area (Å²) in [7, 11) is 0. The van der Waals surface area contributed by atoms with E-state index in [1.807, 2.05) is 24.5 Å². The standard InChI is InChI=1S/C37H44N2O3S/c1-25-8-6-7-11-31(25)33-19-26(12-13-32(33)35(40)38-34(36(41)42)14-15-43-2)23-39(30-9-4-3-5-10-30)24-37-20-27-16-28(21-37)18-29(17-27)22-37/h3-13,19,27-29,34H,14-18,20-24H2,1-2H3,(H,38,40)(H,41,42)/t27?,28?,29?,34-,37?/m0/s1. The van der Waals surface area contributed by atoms with Crippen molar-refractivity contribution in [3.8, 4) is 11.1 Å². The van der Waals surface area contributed by atoms with Gasteiger partial charge in [0.2, 0.25) is 0 Å². The Kier molecular flexibility index (Phi) is 8.85. The minimum absolute atomic E-state index is 0.341. The van der Waals surface area contributed by atoms with Gasteiger partial charge in [0.25, 0.3) is 5.91 Å². The van der Waals surface area contributed by atoms with Crippen LogP contribution in [-0.4, -0.2) is 41.6 Å². The highest BCUT2D eigenvalue weighted by atomic mass is 32.2. The molecule has 2 N–H and O–H groups in total. The van der Waals surface area contributed by atoms with Crippen LogP contribution in [0, 0.1) is 30.1 Å². The summed E-state index contributed by atoms with van der Waals surface area (Å²) in [6, 6.07) is 24.1. The van der Waals surface area contributed by atoms with Crippen LogP contribution in [0.5, 0.6) is 0 Å². The summed E-state index contributed by atoms with van der Waals surface area (Å²) in [4.78, 5) is 28.1. The molecule has 4 bridgehead atoms. The quantitative estimate of drug-likeness (QED) is 0.223. The van der Waals surface area contributed by atoms with Crippen molar-refractivity contribution in [1.29, 1.82) is 0 Å². The zero-order valence-corrected chi connectivity index (χ0v) is 26.2. The van der Waals surface area contributed by atoms with Gasteiger partial charge in [-0.15, -0.1) is 0 Å². The molecule has 0 spiro atoms. The number of rotatable bonds is 12. The molecule has 4 fully saturated rings. The van der Waals surface area contributed by atoms with E-state index in [1.54, 1.807) is 11.8 Å². The van der Waals surface area contributed by atoms with E-state index in [0.29, 0.717) is 23.2 Å². The minimum atomic E-state index is -1.00. The molecule has 3 aromatic carbocycles. The molecule has 0 radical (unpaired) electrons. The van der Waals surface area contributed by atoms with Crippen LogP contribution in [-0.2, 0) is 11.3 Å². The van der Waals surface area contributed by atoms with Gasteiger partial charge in [-0.05, 0) is 134 Å². The Labute approximate surface area is 260 Å². The molecule has 7 rings (SSSR count).